The number of benzene rings is 2. The molecule has 126 valence electrons. The Balaban J connectivity index is 1.83. The molecule has 0 aromatic heterocycles. The van der Waals surface area contributed by atoms with Crippen molar-refractivity contribution in [3.8, 4) is 17.2 Å². The maximum atomic E-state index is 12.6. The summed E-state index contributed by atoms with van der Waals surface area (Å²) in [4.78, 5) is 12.6. The smallest absolute Gasteiger partial charge is 0.259 e. The van der Waals surface area contributed by atoms with Gasteiger partial charge in [-0.2, -0.15) is 0 Å². The lowest BCUT2D eigenvalue weighted by atomic mass is 10.1. The summed E-state index contributed by atoms with van der Waals surface area (Å²) in [7, 11) is 3.09. The minimum absolute atomic E-state index is 0.256. The molecular formula is C18H20N2O4. The third kappa shape index (κ3) is 3.44. The summed E-state index contributed by atoms with van der Waals surface area (Å²) in [6.45, 7) is 2.15. The molecule has 3 rings (SSSR count). The molecule has 2 N–H and O–H groups in total. The van der Waals surface area contributed by atoms with Gasteiger partial charge in [0.2, 0.25) is 0 Å². The van der Waals surface area contributed by atoms with E-state index in [2.05, 4.69) is 10.6 Å². The molecule has 0 saturated carbocycles. The summed E-state index contributed by atoms with van der Waals surface area (Å²) < 4.78 is 16.1. The molecule has 6 heteroatoms. The normalized spacial score (nSPS) is 13.2. The van der Waals surface area contributed by atoms with Crippen molar-refractivity contribution in [2.75, 3.05) is 32.7 Å². The van der Waals surface area contributed by atoms with E-state index in [4.69, 9.17) is 14.2 Å². The van der Waals surface area contributed by atoms with Crippen LogP contribution < -0.4 is 24.8 Å². The Morgan fingerprint density at radius 2 is 2.04 bits per heavy atom. The van der Waals surface area contributed by atoms with Crippen LogP contribution >= 0.6 is 0 Å². The second kappa shape index (κ2) is 7.23. The predicted molar refractivity (Wildman–Crippen MR) is 91.1 cm³/mol. The van der Waals surface area contributed by atoms with Crippen LogP contribution in [0.5, 0.6) is 17.2 Å². The van der Waals surface area contributed by atoms with E-state index in [0.29, 0.717) is 35.9 Å². The average molecular weight is 328 g/mol. The Hall–Kier alpha value is -2.73. The Labute approximate surface area is 140 Å². The van der Waals surface area contributed by atoms with Crippen molar-refractivity contribution < 1.29 is 19.0 Å². The number of anilines is 1. The van der Waals surface area contributed by atoms with Crippen molar-refractivity contribution in [3.63, 3.8) is 0 Å². The summed E-state index contributed by atoms with van der Waals surface area (Å²) in [6.07, 6.45) is 0. The zero-order chi connectivity index (χ0) is 16.9. The maximum absolute atomic E-state index is 12.6. The second-order valence-corrected chi connectivity index (χ2v) is 5.37. The van der Waals surface area contributed by atoms with Crippen LogP contribution in [-0.4, -0.2) is 33.3 Å². The highest BCUT2D eigenvalue weighted by Gasteiger charge is 2.15. The number of carbonyl (C=O) groups excluding carboxylic acids is 1. The molecule has 1 aliphatic heterocycles. The third-order valence-electron chi connectivity index (χ3n) is 3.82. The summed E-state index contributed by atoms with van der Waals surface area (Å²) in [5.41, 5.74) is 2.14. The van der Waals surface area contributed by atoms with Crippen LogP contribution in [0.4, 0.5) is 5.69 Å². The number of amides is 1. The molecule has 0 unspecified atom stereocenters. The van der Waals surface area contributed by atoms with Crippen LogP contribution in [0.3, 0.4) is 0 Å². The van der Waals surface area contributed by atoms with Crippen molar-refractivity contribution in [2.24, 2.45) is 0 Å². The largest absolute Gasteiger partial charge is 0.497 e. The zero-order valence-electron chi connectivity index (χ0n) is 13.7. The molecule has 6 nitrogen and oxygen atoms in total. The quantitative estimate of drug-likeness (QED) is 0.902. The molecule has 24 heavy (non-hydrogen) atoms. The van der Waals surface area contributed by atoms with Crippen LogP contribution in [0.2, 0.25) is 0 Å². The first kappa shape index (κ1) is 16.1. The number of carbonyl (C=O) groups is 1. The van der Waals surface area contributed by atoms with E-state index in [9.17, 15) is 4.79 Å². The number of hydrogen-bond donors (Lipinski definition) is 2. The van der Waals surface area contributed by atoms with Gasteiger partial charge in [-0.15, -0.1) is 0 Å². The first-order valence-corrected chi connectivity index (χ1v) is 7.71. The maximum Gasteiger partial charge on any atom is 0.259 e. The SMILES string of the molecule is COc1ccc(OC)c(C(=O)Nc2ccc3c(c2)CNCCO3)c1. The fourth-order valence-electron chi connectivity index (χ4n) is 2.58. The van der Waals surface area contributed by atoms with Gasteiger partial charge in [0.1, 0.15) is 23.9 Å². The summed E-state index contributed by atoms with van der Waals surface area (Å²) in [6, 6.07) is 10.7. The zero-order valence-corrected chi connectivity index (χ0v) is 13.7. The number of ether oxygens (including phenoxy) is 3. The lowest BCUT2D eigenvalue weighted by Crippen LogP contribution is -2.16. The molecule has 0 atom stereocenters. The molecule has 1 heterocycles. The van der Waals surface area contributed by atoms with Crippen LogP contribution in [0.1, 0.15) is 15.9 Å². The Morgan fingerprint density at radius 1 is 1.17 bits per heavy atom. The molecule has 0 fully saturated rings. The van der Waals surface area contributed by atoms with Gasteiger partial charge < -0.3 is 24.8 Å². The number of methoxy groups -OCH3 is 2. The topological polar surface area (TPSA) is 68.8 Å². The van der Waals surface area contributed by atoms with Gasteiger partial charge in [-0.25, -0.2) is 0 Å². The van der Waals surface area contributed by atoms with Crippen molar-refractivity contribution in [1.29, 1.82) is 0 Å². The summed E-state index contributed by atoms with van der Waals surface area (Å²) >= 11 is 0. The fourth-order valence-corrected chi connectivity index (χ4v) is 2.58. The number of fused-ring (bicyclic) bond motifs is 1. The molecule has 0 radical (unpaired) electrons. The average Bonchev–Trinajstić information content (AvgIpc) is 2.86. The van der Waals surface area contributed by atoms with Gasteiger partial charge in [-0.05, 0) is 36.4 Å². The van der Waals surface area contributed by atoms with Crippen LogP contribution in [0.15, 0.2) is 36.4 Å². The van der Waals surface area contributed by atoms with Crippen molar-refractivity contribution in [1.82, 2.24) is 5.32 Å². The van der Waals surface area contributed by atoms with Gasteiger partial charge in [0.05, 0.1) is 19.8 Å². The Kier molecular flexibility index (Phi) is 4.86. The third-order valence-corrected chi connectivity index (χ3v) is 3.82. The van der Waals surface area contributed by atoms with Gasteiger partial charge in [0.15, 0.2) is 0 Å². The fraction of sp³-hybridized carbons (Fsp3) is 0.278. The van der Waals surface area contributed by atoms with E-state index in [0.717, 1.165) is 17.9 Å². The van der Waals surface area contributed by atoms with E-state index in [1.807, 2.05) is 18.2 Å². The monoisotopic (exact) mass is 328 g/mol. The standard InChI is InChI=1S/C18H20N2O4/c1-22-14-4-6-17(23-2)15(10-14)18(21)20-13-3-5-16-12(9-13)11-19-7-8-24-16/h3-6,9-10,19H,7-8,11H2,1-2H3,(H,20,21). The van der Waals surface area contributed by atoms with E-state index in [-0.39, 0.29) is 5.91 Å². The molecule has 2 aromatic carbocycles. The summed E-state index contributed by atoms with van der Waals surface area (Å²) in [5.74, 6) is 1.68. The van der Waals surface area contributed by atoms with Gasteiger partial charge in [-0.3, -0.25) is 4.79 Å². The molecule has 0 aliphatic carbocycles. The number of rotatable bonds is 4. The second-order valence-electron chi connectivity index (χ2n) is 5.37. The van der Waals surface area contributed by atoms with Crippen molar-refractivity contribution >= 4 is 11.6 Å². The molecule has 0 bridgehead atoms. The van der Waals surface area contributed by atoms with Crippen molar-refractivity contribution in [2.45, 2.75) is 6.54 Å². The Bertz CT molecular complexity index is 746. The minimum Gasteiger partial charge on any atom is -0.497 e. The highest BCUT2D eigenvalue weighted by molar-refractivity contribution is 6.06. The van der Waals surface area contributed by atoms with Gasteiger partial charge in [-0.1, -0.05) is 0 Å². The first-order valence-electron chi connectivity index (χ1n) is 7.71. The molecule has 1 aliphatic rings. The number of hydrogen-bond acceptors (Lipinski definition) is 5. The lowest BCUT2D eigenvalue weighted by molar-refractivity contribution is 0.102. The molecule has 1 amide bonds. The highest BCUT2D eigenvalue weighted by atomic mass is 16.5. The molecule has 0 spiro atoms. The molecule has 2 aromatic rings. The highest BCUT2D eigenvalue weighted by Crippen LogP contribution is 2.27. The van der Waals surface area contributed by atoms with Gasteiger partial charge >= 0.3 is 0 Å². The van der Waals surface area contributed by atoms with Crippen molar-refractivity contribution in [3.05, 3.63) is 47.5 Å². The van der Waals surface area contributed by atoms with Gasteiger partial charge in [0.25, 0.3) is 5.91 Å². The predicted octanol–water partition coefficient (Wildman–Crippen LogP) is 2.44. The molecule has 0 saturated heterocycles. The van der Waals surface area contributed by atoms with Crippen LogP contribution in [0.25, 0.3) is 0 Å². The van der Waals surface area contributed by atoms with Crippen LogP contribution in [-0.2, 0) is 6.54 Å². The number of nitrogens with one attached hydrogen (secondary N) is 2. The summed E-state index contributed by atoms with van der Waals surface area (Å²) in [5, 5.41) is 6.17. The molecular weight excluding hydrogens is 308 g/mol. The van der Waals surface area contributed by atoms with Crippen LogP contribution in [0, 0.1) is 0 Å². The lowest BCUT2D eigenvalue weighted by Gasteiger charge is -2.12. The van der Waals surface area contributed by atoms with E-state index in [1.165, 1.54) is 7.11 Å². The Morgan fingerprint density at radius 3 is 2.83 bits per heavy atom. The minimum atomic E-state index is -0.256. The van der Waals surface area contributed by atoms with E-state index < -0.39 is 0 Å². The van der Waals surface area contributed by atoms with Gasteiger partial charge in [0, 0.05) is 24.3 Å². The van der Waals surface area contributed by atoms with E-state index in [1.54, 1.807) is 25.3 Å². The van der Waals surface area contributed by atoms with E-state index >= 15 is 0 Å². The first-order chi connectivity index (χ1) is 11.7.